The van der Waals surface area contributed by atoms with Gasteiger partial charge in [0.2, 0.25) is 0 Å². The summed E-state index contributed by atoms with van der Waals surface area (Å²) >= 11 is 3.19. The number of nitrogens with one attached hydrogen (secondary N) is 1. The van der Waals surface area contributed by atoms with Gasteiger partial charge in [0.25, 0.3) is 5.91 Å². The van der Waals surface area contributed by atoms with Crippen molar-refractivity contribution in [3.8, 4) is 11.1 Å². The Labute approximate surface area is 264 Å². The molecule has 1 aromatic heterocycles. The maximum Gasteiger partial charge on any atom is 1.00 e. The Hall–Kier alpha value is -2.08. The molecule has 3 aromatic rings. The van der Waals surface area contributed by atoms with E-state index in [1.54, 1.807) is 17.4 Å². The minimum absolute atomic E-state index is 0. The molecule has 6 nitrogen and oxygen atoms in total. The molecule has 1 N–H and O–H groups in total. The van der Waals surface area contributed by atoms with Crippen LogP contribution in [-0.2, 0) is 16.1 Å². The normalized spacial score (nSPS) is 15.1. The maximum absolute atomic E-state index is 13.4. The van der Waals surface area contributed by atoms with E-state index in [1.165, 1.54) is 48.7 Å². The first-order valence-electron chi connectivity index (χ1n) is 14.1. The van der Waals surface area contributed by atoms with Crippen LogP contribution in [-0.4, -0.2) is 34.9 Å². The van der Waals surface area contributed by atoms with E-state index in [1.807, 2.05) is 62.0 Å². The Bertz CT molecular complexity index is 1290. The number of aliphatic carboxylic acids is 1. The van der Waals surface area contributed by atoms with E-state index >= 15 is 0 Å². The van der Waals surface area contributed by atoms with Gasteiger partial charge in [-0.15, -0.1) is 11.3 Å². The molecule has 2 aromatic carbocycles. The Kier molecular flexibility index (Phi) is 13.5. The number of carbonyl (C=O) groups is 2. The van der Waals surface area contributed by atoms with Gasteiger partial charge in [0.15, 0.2) is 0 Å². The molecule has 0 spiro atoms. The quantitative estimate of drug-likeness (QED) is 0.309. The molecule has 1 aliphatic carbocycles. The number of hydrogen-bond acceptors (Lipinski definition) is 7. The van der Waals surface area contributed by atoms with Gasteiger partial charge in [0, 0.05) is 5.56 Å². The molecule has 214 valence electrons. The van der Waals surface area contributed by atoms with E-state index in [-0.39, 0.29) is 25.0 Å². The predicted octanol–water partition coefficient (Wildman–Crippen LogP) is 3.26. The van der Waals surface area contributed by atoms with Crippen LogP contribution in [0.2, 0.25) is 0 Å². The zero-order valence-electron chi connectivity index (χ0n) is 24.6. The van der Waals surface area contributed by atoms with Crippen molar-refractivity contribution in [1.29, 1.82) is 0 Å². The minimum atomic E-state index is -1.27. The summed E-state index contributed by atoms with van der Waals surface area (Å²) in [4.78, 5) is 30.7. The van der Waals surface area contributed by atoms with Crippen molar-refractivity contribution >= 4 is 35.0 Å². The third-order valence-electron chi connectivity index (χ3n) is 7.76. The fraction of sp³-hybridized carbons (Fsp3) is 0.469. The number of carboxylic acids is 1. The van der Waals surface area contributed by atoms with Crippen LogP contribution in [0, 0.1) is 19.8 Å². The molecule has 1 unspecified atom stereocenters. The monoisotopic (exact) mass is 586 g/mol. The molecular formula is C32H39LiN2O4S2. The van der Waals surface area contributed by atoms with Crippen molar-refractivity contribution in [3.63, 3.8) is 0 Å². The minimum Gasteiger partial charge on any atom is -0.548 e. The number of rotatable bonds is 13. The summed E-state index contributed by atoms with van der Waals surface area (Å²) in [6, 6.07) is 12.6. The number of aromatic nitrogens is 1. The molecule has 9 heteroatoms. The van der Waals surface area contributed by atoms with Gasteiger partial charge in [-0.1, -0.05) is 62.4 Å². The second kappa shape index (κ2) is 16.5. The first-order valence-corrected chi connectivity index (χ1v) is 16.4. The van der Waals surface area contributed by atoms with Crippen LogP contribution in [0.25, 0.3) is 11.1 Å². The molecule has 0 bridgehead atoms. The fourth-order valence-corrected chi connectivity index (χ4v) is 6.83. The van der Waals surface area contributed by atoms with E-state index in [4.69, 9.17) is 4.74 Å². The number of carbonyl (C=O) groups excluding carboxylic acids is 2. The summed E-state index contributed by atoms with van der Waals surface area (Å²) in [6.07, 6.45) is 9.60. The zero-order chi connectivity index (χ0) is 28.5. The van der Waals surface area contributed by atoms with Gasteiger partial charge in [0.1, 0.15) is 0 Å². The SMILES string of the molecule is CSCC[C@H](NC(=O)c1ccc(COC(CC2CCCCC2)c2scnc2C)cc1-c1ccccc1C)C(=O)[O-].[Li+]. The molecule has 1 saturated carbocycles. The fourth-order valence-electron chi connectivity index (χ4n) is 5.49. The standard InChI is InChI=1S/C32H40N2O4S2.Li/c1-21-9-7-8-12-25(21)27-17-24(13-14-26(27)31(35)34-28(32(36)37)15-16-39-3)19-38-29(30-22(2)33-20-40-30)18-23-10-5-4-6-11-23;/h7-9,12-14,17,20,23,28-29H,4-6,10-11,15-16,18-19H2,1-3H3,(H,34,35)(H,36,37);/q;+1/p-1/t28-,29?;/m0./s1. The Balaban J connectivity index is 0.00000462. The van der Waals surface area contributed by atoms with Crippen LogP contribution >= 0.6 is 23.1 Å². The predicted molar refractivity (Wildman–Crippen MR) is 161 cm³/mol. The molecule has 0 saturated heterocycles. The number of ether oxygens (including phenoxy) is 1. The number of amides is 1. The number of thiazole rings is 1. The second-order valence-electron chi connectivity index (χ2n) is 10.7. The first-order chi connectivity index (χ1) is 19.4. The van der Waals surface area contributed by atoms with Crippen molar-refractivity contribution in [2.75, 3.05) is 12.0 Å². The number of hydrogen-bond donors (Lipinski definition) is 1. The molecule has 0 radical (unpaired) electrons. The molecule has 1 amide bonds. The number of nitrogens with zero attached hydrogens (tertiary/aromatic N) is 1. The van der Waals surface area contributed by atoms with Crippen LogP contribution in [0.5, 0.6) is 0 Å². The average Bonchev–Trinajstić information content (AvgIpc) is 3.39. The Morgan fingerprint density at radius 3 is 2.54 bits per heavy atom. The average molecular weight is 587 g/mol. The van der Waals surface area contributed by atoms with Gasteiger partial charge in [-0.3, -0.25) is 4.79 Å². The molecule has 1 heterocycles. The first kappa shape index (κ1) is 33.4. The molecular weight excluding hydrogens is 547 g/mol. The summed E-state index contributed by atoms with van der Waals surface area (Å²) in [6.45, 7) is 4.46. The van der Waals surface area contributed by atoms with Crippen LogP contribution in [0.1, 0.15) is 83.1 Å². The molecule has 2 atom stereocenters. The van der Waals surface area contributed by atoms with Crippen molar-refractivity contribution in [1.82, 2.24) is 10.3 Å². The van der Waals surface area contributed by atoms with Crippen LogP contribution in [0.3, 0.4) is 0 Å². The summed E-state index contributed by atoms with van der Waals surface area (Å²) < 4.78 is 6.60. The molecule has 41 heavy (non-hydrogen) atoms. The van der Waals surface area contributed by atoms with Gasteiger partial charge in [-0.2, -0.15) is 11.8 Å². The van der Waals surface area contributed by atoms with Crippen LogP contribution in [0.15, 0.2) is 48.0 Å². The maximum atomic E-state index is 13.4. The third-order valence-corrected chi connectivity index (χ3v) is 9.43. The number of benzene rings is 2. The van der Waals surface area contributed by atoms with Gasteiger partial charge in [-0.05, 0) is 79.0 Å². The molecule has 1 aliphatic rings. The van der Waals surface area contributed by atoms with E-state index in [9.17, 15) is 14.7 Å². The van der Waals surface area contributed by atoms with E-state index < -0.39 is 17.9 Å². The molecule has 0 aliphatic heterocycles. The third kappa shape index (κ3) is 9.20. The summed E-state index contributed by atoms with van der Waals surface area (Å²) in [5.41, 5.74) is 7.04. The van der Waals surface area contributed by atoms with Crippen molar-refractivity contribution in [2.24, 2.45) is 5.92 Å². The van der Waals surface area contributed by atoms with Crippen LogP contribution < -0.4 is 29.3 Å². The second-order valence-corrected chi connectivity index (χ2v) is 12.5. The van der Waals surface area contributed by atoms with Crippen molar-refractivity contribution < 1.29 is 38.3 Å². The van der Waals surface area contributed by atoms with E-state index in [2.05, 4.69) is 10.3 Å². The largest absolute Gasteiger partial charge is 1.00 e. The van der Waals surface area contributed by atoms with Gasteiger partial charge >= 0.3 is 18.9 Å². The van der Waals surface area contributed by atoms with Crippen LogP contribution in [0.4, 0.5) is 0 Å². The van der Waals surface area contributed by atoms with Gasteiger partial charge in [-0.25, -0.2) is 4.98 Å². The van der Waals surface area contributed by atoms with Crippen molar-refractivity contribution in [2.45, 2.75) is 77.5 Å². The van der Waals surface area contributed by atoms with Crippen molar-refractivity contribution in [3.05, 3.63) is 75.2 Å². The summed E-state index contributed by atoms with van der Waals surface area (Å²) in [7, 11) is 0. The van der Waals surface area contributed by atoms with Gasteiger partial charge in [0.05, 0.1) is 40.8 Å². The number of aryl methyl sites for hydroxylation is 2. The summed E-state index contributed by atoms with van der Waals surface area (Å²) in [5.74, 6) is -0.415. The van der Waals surface area contributed by atoms with E-state index in [0.717, 1.165) is 34.4 Å². The smallest absolute Gasteiger partial charge is 0.548 e. The number of thioether (sulfide) groups is 1. The molecule has 1 fully saturated rings. The zero-order valence-corrected chi connectivity index (χ0v) is 26.2. The van der Waals surface area contributed by atoms with Gasteiger partial charge < -0.3 is 20.0 Å². The Morgan fingerprint density at radius 1 is 1.12 bits per heavy atom. The topological polar surface area (TPSA) is 91.3 Å². The summed E-state index contributed by atoms with van der Waals surface area (Å²) in [5, 5.41) is 14.4. The number of carboxylic acid groups (broad SMARTS) is 1. The van der Waals surface area contributed by atoms with E-state index in [0.29, 0.717) is 30.3 Å². The Morgan fingerprint density at radius 2 is 1.88 bits per heavy atom. The molecule has 4 rings (SSSR count).